The summed E-state index contributed by atoms with van der Waals surface area (Å²) in [5.41, 5.74) is 5.42. The van der Waals surface area contributed by atoms with Gasteiger partial charge in [-0.05, 0) is 67.4 Å². The molecule has 3 aromatic carbocycles. The van der Waals surface area contributed by atoms with Gasteiger partial charge in [0.05, 0.1) is 16.8 Å². The summed E-state index contributed by atoms with van der Waals surface area (Å²) in [6.45, 7) is 3.34. The minimum absolute atomic E-state index is 0.110. The standard InChI is InChI=1S/C26H27N3O4S2/c1-19-8-13-25(20(2)14-19)29(35(31,32)24-6-4-3-5-7-24)16-26(30)28-27-15-21-9-11-22(12-10-21)33-23-17-34-18-23/h3-15,23H,16-18H2,1-2H3,(H,28,30). The third kappa shape index (κ3) is 6.23. The van der Waals surface area contributed by atoms with Crippen LogP contribution in [0, 0.1) is 13.8 Å². The molecule has 182 valence electrons. The lowest BCUT2D eigenvalue weighted by Gasteiger charge is -2.25. The highest BCUT2D eigenvalue weighted by molar-refractivity contribution is 8.00. The largest absolute Gasteiger partial charge is 0.489 e. The van der Waals surface area contributed by atoms with Gasteiger partial charge < -0.3 is 4.74 Å². The lowest BCUT2D eigenvalue weighted by atomic mass is 10.1. The third-order valence-corrected chi connectivity index (χ3v) is 8.42. The van der Waals surface area contributed by atoms with Crippen LogP contribution in [0.1, 0.15) is 16.7 Å². The maximum Gasteiger partial charge on any atom is 0.264 e. The molecule has 0 spiro atoms. The lowest BCUT2D eigenvalue weighted by Crippen LogP contribution is -2.40. The van der Waals surface area contributed by atoms with Gasteiger partial charge in [0.1, 0.15) is 18.4 Å². The average molecular weight is 510 g/mol. The van der Waals surface area contributed by atoms with Crippen LogP contribution in [0.3, 0.4) is 0 Å². The van der Waals surface area contributed by atoms with E-state index in [-0.39, 0.29) is 11.0 Å². The van der Waals surface area contributed by atoms with Crippen molar-refractivity contribution < 1.29 is 17.9 Å². The smallest absolute Gasteiger partial charge is 0.264 e. The Labute approximate surface area is 210 Å². The minimum atomic E-state index is -3.97. The lowest BCUT2D eigenvalue weighted by molar-refractivity contribution is -0.119. The predicted octanol–water partition coefficient (Wildman–Crippen LogP) is 4.14. The van der Waals surface area contributed by atoms with Crippen LogP contribution in [0.25, 0.3) is 0 Å². The highest BCUT2D eigenvalue weighted by Gasteiger charge is 2.28. The number of carbonyl (C=O) groups is 1. The van der Waals surface area contributed by atoms with Crippen molar-refractivity contribution in [1.82, 2.24) is 5.43 Å². The molecule has 1 N–H and O–H groups in total. The third-order valence-electron chi connectivity index (χ3n) is 5.43. The van der Waals surface area contributed by atoms with Crippen molar-refractivity contribution in [3.63, 3.8) is 0 Å². The summed E-state index contributed by atoms with van der Waals surface area (Å²) in [6.07, 6.45) is 1.78. The van der Waals surface area contributed by atoms with Crippen LogP contribution in [-0.4, -0.2) is 44.7 Å². The summed E-state index contributed by atoms with van der Waals surface area (Å²) < 4.78 is 33.8. The Balaban J connectivity index is 1.47. The van der Waals surface area contributed by atoms with E-state index in [1.807, 2.05) is 62.0 Å². The summed E-state index contributed by atoms with van der Waals surface area (Å²) in [5.74, 6) is 2.26. The number of amides is 1. The summed E-state index contributed by atoms with van der Waals surface area (Å²) >= 11 is 1.86. The predicted molar refractivity (Wildman–Crippen MR) is 141 cm³/mol. The fourth-order valence-corrected chi connectivity index (χ4v) is 5.63. The van der Waals surface area contributed by atoms with Gasteiger partial charge in [-0.3, -0.25) is 9.10 Å². The fourth-order valence-electron chi connectivity index (χ4n) is 3.56. The zero-order chi connectivity index (χ0) is 24.8. The molecule has 1 heterocycles. The molecular formula is C26H27N3O4S2. The molecule has 1 amide bonds. The van der Waals surface area contributed by atoms with Gasteiger partial charge in [-0.15, -0.1) is 0 Å². The van der Waals surface area contributed by atoms with Crippen molar-refractivity contribution in [1.29, 1.82) is 0 Å². The van der Waals surface area contributed by atoms with Crippen LogP contribution in [0.4, 0.5) is 5.69 Å². The molecule has 4 rings (SSSR count). The molecular weight excluding hydrogens is 482 g/mol. The van der Waals surface area contributed by atoms with Crippen LogP contribution in [0.15, 0.2) is 82.8 Å². The highest BCUT2D eigenvalue weighted by Crippen LogP contribution is 2.27. The molecule has 0 unspecified atom stereocenters. The number of benzene rings is 3. The van der Waals surface area contributed by atoms with Crippen LogP contribution < -0.4 is 14.5 Å². The number of carbonyl (C=O) groups excluding carboxylic acids is 1. The number of nitrogens with one attached hydrogen (secondary N) is 1. The van der Waals surface area contributed by atoms with Crippen molar-refractivity contribution in [3.8, 4) is 5.75 Å². The summed E-state index contributed by atoms with van der Waals surface area (Å²) in [5, 5.41) is 4.01. The van der Waals surface area contributed by atoms with E-state index in [0.717, 1.165) is 38.3 Å². The van der Waals surface area contributed by atoms with E-state index >= 15 is 0 Å². The summed E-state index contributed by atoms with van der Waals surface area (Å²) in [6, 6.07) is 20.9. The summed E-state index contributed by atoms with van der Waals surface area (Å²) in [7, 11) is -3.97. The van der Waals surface area contributed by atoms with E-state index in [0.29, 0.717) is 5.69 Å². The molecule has 1 aliphatic rings. The first-order valence-electron chi connectivity index (χ1n) is 11.1. The Morgan fingerprint density at radius 2 is 1.80 bits per heavy atom. The number of nitrogens with zero attached hydrogens (tertiary/aromatic N) is 2. The highest BCUT2D eigenvalue weighted by atomic mass is 32.2. The van der Waals surface area contributed by atoms with Gasteiger partial charge in [0.15, 0.2) is 0 Å². The first-order valence-corrected chi connectivity index (χ1v) is 13.7. The molecule has 1 saturated heterocycles. The van der Waals surface area contributed by atoms with Crippen molar-refractivity contribution >= 4 is 39.6 Å². The zero-order valence-electron chi connectivity index (χ0n) is 19.5. The number of hydrogen-bond donors (Lipinski definition) is 1. The number of anilines is 1. The zero-order valence-corrected chi connectivity index (χ0v) is 21.2. The number of thioether (sulfide) groups is 1. The topological polar surface area (TPSA) is 88.1 Å². The van der Waals surface area contributed by atoms with Gasteiger partial charge >= 0.3 is 0 Å². The molecule has 1 aliphatic heterocycles. The number of aryl methyl sites for hydroxylation is 2. The van der Waals surface area contributed by atoms with E-state index in [4.69, 9.17) is 4.74 Å². The van der Waals surface area contributed by atoms with Crippen LogP contribution in [0.2, 0.25) is 0 Å². The molecule has 0 radical (unpaired) electrons. The van der Waals surface area contributed by atoms with Gasteiger partial charge in [0.25, 0.3) is 15.9 Å². The van der Waals surface area contributed by atoms with Crippen LogP contribution in [-0.2, 0) is 14.8 Å². The Kier molecular flexibility index (Phi) is 7.77. The van der Waals surface area contributed by atoms with E-state index in [2.05, 4.69) is 10.5 Å². The maximum absolute atomic E-state index is 13.4. The monoisotopic (exact) mass is 509 g/mol. The van der Waals surface area contributed by atoms with Gasteiger partial charge in [0, 0.05) is 11.5 Å². The number of hydrazone groups is 1. The van der Waals surface area contributed by atoms with E-state index in [1.54, 1.807) is 24.3 Å². The molecule has 35 heavy (non-hydrogen) atoms. The quantitative estimate of drug-likeness (QED) is 0.346. The second-order valence-corrected chi connectivity index (χ2v) is 11.2. The minimum Gasteiger partial charge on any atom is -0.489 e. The second-order valence-electron chi connectivity index (χ2n) is 8.25. The van der Waals surface area contributed by atoms with Gasteiger partial charge in [0.2, 0.25) is 0 Å². The molecule has 9 heteroatoms. The molecule has 1 fully saturated rings. The number of hydrogen-bond acceptors (Lipinski definition) is 6. The molecule has 0 bridgehead atoms. The number of sulfonamides is 1. The van der Waals surface area contributed by atoms with Crippen molar-refractivity contribution in [3.05, 3.63) is 89.5 Å². The SMILES string of the molecule is Cc1ccc(N(CC(=O)NN=Cc2ccc(OC3CSC3)cc2)S(=O)(=O)c2ccccc2)c(C)c1. The first kappa shape index (κ1) is 24.8. The van der Waals surface area contributed by atoms with E-state index in [1.165, 1.54) is 18.3 Å². The normalized spacial score (nSPS) is 13.9. The molecule has 7 nitrogen and oxygen atoms in total. The van der Waals surface area contributed by atoms with Gasteiger partial charge in [-0.1, -0.05) is 35.9 Å². The maximum atomic E-state index is 13.4. The van der Waals surface area contributed by atoms with Crippen molar-refractivity contribution in [2.75, 3.05) is 22.4 Å². The van der Waals surface area contributed by atoms with Crippen molar-refractivity contribution in [2.24, 2.45) is 5.10 Å². The Hall–Kier alpha value is -3.30. The Morgan fingerprint density at radius 3 is 2.43 bits per heavy atom. The Morgan fingerprint density at radius 1 is 1.09 bits per heavy atom. The van der Waals surface area contributed by atoms with Gasteiger partial charge in [-0.2, -0.15) is 16.9 Å². The van der Waals surface area contributed by atoms with E-state index in [9.17, 15) is 13.2 Å². The Bertz CT molecular complexity index is 1310. The average Bonchev–Trinajstić information content (AvgIpc) is 2.82. The van der Waals surface area contributed by atoms with Gasteiger partial charge in [-0.25, -0.2) is 13.8 Å². The number of rotatable bonds is 9. The van der Waals surface area contributed by atoms with E-state index < -0.39 is 22.5 Å². The van der Waals surface area contributed by atoms with Crippen LogP contribution >= 0.6 is 11.8 Å². The molecule has 0 aliphatic carbocycles. The molecule has 3 aromatic rings. The molecule has 0 atom stereocenters. The fraction of sp³-hybridized carbons (Fsp3) is 0.231. The second kappa shape index (κ2) is 11.0. The van der Waals surface area contributed by atoms with Crippen LogP contribution in [0.5, 0.6) is 5.75 Å². The first-order chi connectivity index (χ1) is 16.8. The summed E-state index contributed by atoms with van der Waals surface area (Å²) in [4.78, 5) is 12.8. The molecule has 0 saturated carbocycles. The molecule has 0 aromatic heterocycles. The number of ether oxygens (including phenoxy) is 1. The van der Waals surface area contributed by atoms with Crippen molar-refractivity contribution in [2.45, 2.75) is 24.8 Å².